The first kappa shape index (κ1) is 13.8. The fourth-order valence-corrected chi connectivity index (χ4v) is 1.66. The van der Waals surface area contributed by atoms with E-state index < -0.39 is 6.10 Å². The summed E-state index contributed by atoms with van der Waals surface area (Å²) in [5.41, 5.74) is 0.914. The summed E-state index contributed by atoms with van der Waals surface area (Å²) in [7, 11) is 0. The molecule has 1 atom stereocenters. The lowest BCUT2D eigenvalue weighted by molar-refractivity contribution is -0.121. The predicted octanol–water partition coefficient (Wildman–Crippen LogP) is 1.85. The molecule has 0 aromatic carbocycles. The fraction of sp³-hybridized carbons (Fsp3) is 0.615. The molecule has 1 amide bonds. The Balaban J connectivity index is 2.42. The molecule has 0 saturated carbocycles. The third-order valence-corrected chi connectivity index (χ3v) is 2.59. The first-order valence-electron chi connectivity index (χ1n) is 6.16. The second kappa shape index (κ2) is 6.45. The van der Waals surface area contributed by atoms with Gasteiger partial charge in [-0.3, -0.25) is 4.79 Å². The summed E-state index contributed by atoms with van der Waals surface area (Å²) in [4.78, 5) is 11.4. The van der Waals surface area contributed by atoms with Crippen molar-refractivity contribution < 1.29 is 9.90 Å². The highest BCUT2D eigenvalue weighted by molar-refractivity contribution is 5.76. The number of aliphatic hydroxyl groups is 1. The lowest BCUT2D eigenvalue weighted by Crippen LogP contribution is -2.30. The molecule has 1 heterocycles. The second-order valence-electron chi connectivity index (χ2n) is 4.58. The Bertz CT molecular complexity index is 358. The number of hydrogen-bond donors (Lipinski definition) is 2. The van der Waals surface area contributed by atoms with Crippen LogP contribution >= 0.6 is 0 Å². The number of aryl methyl sites for hydroxylation is 1. The van der Waals surface area contributed by atoms with Crippen LogP contribution in [-0.4, -0.2) is 21.6 Å². The van der Waals surface area contributed by atoms with Crippen LogP contribution in [0.5, 0.6) is 0 Å². The molecule has 2 N–H and O–H groups in total. The van der Waals surface area contributed by atoms with Crippen molar-refractivity contribution in [2.24, 2.45) is 0 Å². The van der Waals surface area contributed by atoms with E-state index in [1.54, 1.807) is 0 Å². The van der Waals surface area contributed by atoms with E-state index in [2.05, 4.69) is 5.32 Å². The van der Waals surface area contributed by atoms with Crippen LogP contribution in [0.4, 0.5) is 0 Å². The maximum atomic E-state index is 11.4. The average molecular weight is 238 g/mol. The molecule has 1 rings (SSSR count). The number of carbonyl (C=O) groups excluding carboxylic acids is 1. The molecule has 4 heteroatoms. The summed E-state index contributed by atoms with van der Waals surface area (Å²) in [6.45, 7) is 6.49. The quantitative estimate of drug-likeness (QED) is 0.794. The number of aromatic nitrogens is 1. The molecule has 0 spiro atoms. The normalized spacial score (nSPS) is 12.8. The summed E-state index contributed by atoms with van der Waals surface area (Å²) in [6.07, 6.45) is 4.57. The van der Waals surface area contributed by atoms with Crippen molar-refractivity contribution in [3.63, 3.8) is 0 Å². The van der Waals surface area contributed by atoms with Crippen molar-refractivity contribution in [3.05, 3.63) is 24.0 Å². The van der Waals surface area contributed by atoms with E-state index in [1.807, 2.05) is 43.8 Å². The van der Waals surface area contributed by atoms with Crippen LogP contribution in [0.15, 0.2) is 18.5 Å². The van der Waals surface area contributed by atoms with Gasteiger partial charge in [0.25, 0.3) is 0 Å². The molecule has 4 nitrogen and oxygen atoms in total. The van der Waals surface area contributed by atoms with Gasteiger partial charge >= 0.3 is 0 Å². The van der Waals surface area contributed by atoms with Crippen molar-refractivity contribution in [2.45, 2.75) is 52.3 Å². The first-order valence-corrected chi connectivity index (χ1v) is 6.16. The third kappa shape index (κ3) is 4.61. The molecule has 1 unspecified atom stereocenters. The Hall–Kier alpha value is -1.29. The predicted molar refractivity (Wildman–Crippen MR) is 67.6 cm³/mol. The van der Waals surface area contributed by atoms with Crippen molar-refractivity contribution >= 4 is 5.91 Å². The van der Waals surface area contributed by atoms with Crippen molar-refractivity contribution in [2.75, 3.05) is 0 Å². The van der Waals surface area contributed by atoms with Gasteiger partial charge in [-0.05, 0) is 31.9 Å². The van der Waals surface area contributed by atoms with Crippen molar-refractivity contribution in [3.8, 4) is 0 Å². The Morgan fingerprint density at radius 1 is 1.53 bits per heavy atom. The van der Waals surface area contributed by atoms with Gasteiger partial charge in [0.15, 0.2) is 0 Å². The fourth-order valence-electron chi connectivity index (χ4n) is 1.66. The van der Waals surface area contributed by atoms with Gasteiger partial charge in [-0.15, -0.1) is 0 Å². The lowest BCUT2D eigenvalue weighted by atomic mass is 10.1. The molecule has 1 aromatic rings. The van der Waals surface area contributed by atoms with Gasteiger partial charge in [0.1, 0.15) is 0 Å². The molecule has 1 aromatic heterocycles. The minimum absolute atomic E-state index is 0.0614. The van der Waals surface area contributed by atoms with Gasteiger partial charge in [0.05, 0.1) is 6.10 Å². The van der Waals surface area contributed by atoms with Crippen LogP contribution < -0.4 is 5.32 Å². The van der Waals surface area contributed by atoms with Crippen LogP contribution in [0, 0.1) is 0 Å². The van der Waals surface area contributed by atoms with Crippen LogP contribution in [0.25, 0.3) is 0 Å². The first-order chi connectivity index (χ1) is 8.02. The maximum absolute atomic E-state index is 11.4. The van der Waals surface area contributed by atoms with Crippen LogP contribution in [0.2, 0.25) is 0 Å². The summed E-state index contributed by atoms with van der Waals surface area (Å²) >= 11 is 0. The largest absolute Gasteiger partial charge is 0.388 e. The summed E-state index contributed by atoms with van der Waals surface area (Å²) in [6, 6.07) is 2.08. The van der Waals surface area contributed by atoms with E-state index in [1.165, 1.54) is 0 Å². The van der Waals surface area contributed by atoms with Gasteiger partial charge < -0.3 is 15.0 Å². The molecule has 0 aliphatic carbocycles. The number of carbonyl (C=O) groups is 1. The topological polar surface area (TPSA) is 54.3 Å². The Kier molecular flexibility index (Phi) is 5.22. The molecule has 0 saturated heterocycles. The molecule has 17 heavy (non-hydrogen) atoms. The average Bonchev–Trinajstić information content (AvgIpc) is 2.73. The molecule has 0 aliphatic heterocycles. The third-order valence-electron chi connectivity index (χ3n) is 2.59. The van der Waals surface area contributed by atoms with E-state index in [4.69, 9.17) is 0 Å². The SMILES string of the molecule is CCC(O)c1ccn(CCC(=O)NC(C)C)c1. The molecule has 96 valence electrons. The zero-order valence-corrected chi connectivity index (χ0v) is 10.8. The highest BCUT2D eigenvalue weighted by atomic mass is 16.3. The smallest absolute Gasteiger partial charge is 0.221 e. The highest BCUT2D eigenvalue weighted by Crippen LogP contribution is 2.16. The van der Waals surface area contributed by atoms with Crippen LogP contribution in [0.1, 0.15) is 45.3 Å². The van der Waals surface area contributed by atoms with Crippen LogP contribution in [-0.2, 0) is 11.3 Å². The van der Waals surface area contributed by atoms with E-state index in [0.717, 1.165) is 5.56 Å². The minimum Gasteiger partial charge on any atom is -0.388 e. The monoisotopic (exact) mass is 238 g/mol. The molecular formula is C13H22N2O2. The van der Waals surface area contributed by atoms with E-state index in [9.17, 15) is 9.90 Å². The van der Waals surface area contributed by atoms with Crippen LogP contribution in [0.3, 0.4) is 0 Å². The van der Waals surface area contributed by atoms with Gasteiger partial charge in [0, 0.05) is 31.4 Å². The van der Waals surface area contributed by atoms with Gasteiger partial charge in [0.2, 0.25) is 5.91 Å². The molecule has 0 radical (unpaired) electrons. The maximum Gasteiger partial charge on any atom is 0.221 e. The second-order valence-corrected chi connectivity index (χ2v) is 4.58. The van der Waals surface area contributed by atoms with E-state index in [0.29, 0.717) is 19.4 Å². The molecule has 0 fully saturated rings. The number of nitrogens with zero attached hydrogens (tertiary/aromatic N) is 1. The number of aliphatic hydroxyl groups excluding tert-OH is 1. The molecule has 0 aliphatic rings. The summed E-state index contributed by atoms with van der Waals surface area (Å²) in [5, 5.41) is 12.5. The van der Waals surface area contributed by atoms with Crippen molar-refractivity contribution in [1.29, 1.82) is 0 Å². The Labute approximate surface area is 103 Å². The zero-order chi connectivity index (χ0) is 12.8. The summed E-state index contributed by atoms with van der Waals surface area (Å²) in [5.74, 6) is 0.0614. The van der Waals surface area contributed by atoms with Gasteiger partial charge in [-0.25, -0.2) is 0 Å². The number of hydrogen-bond acceptors (Lipinski definition) is 2. The number of rotatable bonds is 6. The highest BCUT2D eigenvalue weighted by Gasteiger charge is 2.07. The summed E-state index contributed by atoms with van der Waals surface area (Å²) < 4.78 is 1.94. The van der Waals surface area contributed by atoms with E-state index in [-0.39, 0.29) is 11.9 Å². The zero-order valence-electron chi connectivity index (χ0n) is 10.8. The molecule has 0 bridgehead atoms. The van der Waals surface area contributed by atoms with E-state index >= 15 is 0 Å². The number of amides is 1. The standard InChI is InChI=1S/C13H22N2O2/c1-4-12(16)11-5-7-15(9-11)8-6-13(17)14-10(2)3/h5,7,9-10,12,16H,4,6,8H2,1-3H3,(H,14,17). The van der Waals surface area contributed by atoms with Gasteiger partial charge in [-0.2, -0.15) is 0 Å². The Morgan fingerprint density at radius 2 is 2.24 bits per heavy atom. The lowest BCUT2D eigenvalue weighted by Gasteiger charge is -2.08. The minimum atomic E-state index is -0.402. The molecular weight excluding hydrogens is 216 g/mol. The number of nitrogens with one attached hydrogen (secondary N) is 1. The van der Waals surface area contributed by atoms with Crippen molar-refractivity contribution in [1.82, 2.24) is 9.88 Å². The Morgan fingerprint density at radius 3 is 2.82 bits per heavy atom. The van der Waals surface area contributed by atoms with Gasteiger partial charge in [-0.1, -0.05) is 6.92 Å².